The average Bonchev–Trinajstić information content (AvgIpc) is 3.20. The van der Waals surface area contributed by atoms with Crippen LogP contribution in [0.2, 0.25) is 0 Å². The summed E-state index contributed by atoms with van der Waals surface area (Å²) in [5.41, 5.74) is 2.39. The highest BCUT2D eigenvalue weighted by Crippen LogP contribution is 2.18. The van der Waals surface area contributed by atoms with E-state index >= 15 is 0 Å². The number of pyridine rings is 1. The van der Waals surface area contributed by atoms with Crippen LogP contribution in [0.5, 0.6) is 0 Å². The van der Waals surface area contributed by atoms with Gasteiger partial charge in [0.15, 0.2) is 5.78 Å². The molecule has 8 nitrogen and oxygen atoms in total. The molecular weight excluding hydrogens is 380 g/mol. The molecule has 1 aromatic carbocycles. The minimum Gasteiger partial charge on any atom is -0.348 e. The lowest BCUT2D eigenvalue weighted by molar-refractivity contribution is 0.101. The Labute approximate surface area is 172 Å². The van der Waals surface area contributed by atoms with Crippen molar-refractivity contribution in [3.63, 3.8) is 0 Å². The van der Waals surface area contributed by atoms with E-state index in [4.69, 9.17) is 0 Å². The number of Topliss-reactive ketones (excluding diaryl/α,β-unsaturated/α-hetero) is 1. The van der Waals surface area contributed by atoms with Crippen molar-refractivity contribution in [1.82, 2.24) is 24.1 Å². The van der Waals surface area contributed by atoms with Crippen LogP contribution in [-0.2, 0) is 7.05 Å². The molecule has 3 heterocycles. The number of hydrogen-bond acceptors (Lipinski definition) is 6. The molecule has 0 atom stereocenters. The van der Waals surface area contributed by atoms with E-state index in [2.05, 4.69) is 20.3 Å². The summed E-state index contributed by atoms with van der Waals surface area (Å²) < 4.78 is 3.25. The van der Waals surface area contributed by atoms with Gasteiger partial charge in [0.2, 0.25) is 5.95 Å². The molecule has 0 saturated heterocycles. The van der Waals surface area contributed by atoms with Crippen molar-refractivity contribution >= 4 is 11.7 Å². The van der Waals surface area contributed by atoms with Gasteiger partial charge in [0, 0.05) is 49.0 Å². The Morgan fingerprint density at radius 3 is 2.60 bits per heavy atom. The smallest absolute Gasteiger partial charge is 0.255 e. The number of carbonyl (C=O) groups excluding carboxylic acids is 1. The molecular formula is C22H20N6O2. The lowest BCUT2D eigenvalue weighted by Gasteiger charge is -2.13. The van der Waals surface area contributed by atoms with Crippen molar-refractivity contribution in [3.8, 4) is 16.9 Å². The number of nitrogens with one attached hydrogen (secondary N) is 1. The van der Waals surface area contributed by atoms with Gasteiger partial charge in [0.25, 0.3) is 5.56 Å². The molecule has 0 unspecified atom stereocenters. The van der Waals surface area contributed by atoms with Gasteiger partial charge in [-0.1, -0.05) is 12.1 Å². The third kappa shape index (κ3) is 3.75. The SMILES string of the molecule is Cc1nccn1-c1ccccc1C(=O)CNc1nc(-c2ccncc2)cc(=O)n1C. The fourth-order valence-electron chi connectivity index (χ4n) is 3.17. The molecule has 0 aliphatic rings. The maximum atomic E-state index is 13.0. The summed E-state index contributed by atoms with van der Waals surface area (Å²) in [4.78, 5) is 38.1. The topological polar surface area (TPSA) is 94.7 Å². The van der Waals surface area contributed by atoms with Crippen molar-refractivity contribution in [3.05, 3.63) is 89.0 Å². The van der Waals surface area contributed by atoms with E-state index in [-0.39, 0.29) is 17.9 Å². The summed E-state index contributed by atoms with van der Waals surface area (Å²) in [7, 11) is 1.61. The van der Waals surface area contributed by atoms with Crippen LogP contribution in [0.1, 0.15) is 16.2 Å². The lowest BCUT2D eigenvalue weighted by Crippen LogP contribution is -2.25. The van der Waals surface area contributed by atoms with Gasteiger partial charge < -0.3 is 9.88 Å². The van der Waals surface area contributed by atoms with Crippen LogP contribution >= 0.6 is 0 Å². The highest BCUT2D eigenvalue weighted by atomic mass is 16.1. The van der Waals surface area contributed by atoms with Gasteiger partial charge in [-0.05, 0) is 31.2 Å². The summed E-state index contributed by atoms with van der Waals surface area (Å²) >= 11 is 0. The molecule has 0 bridgehead atoms. The first kappa shape index (κ1) is 19.3. The quantitative estimate of drug-likeness (QED) is 0.500. The minimum absolute atomic E-state index is 0.00909. The fourth-order valence-corrected chi connectivity index (χ4v) is 3.17. The van der Waals surface area contributed by atoms with Gasteiger partial charge in [-0.25, -0.2) is 9.97 Å². The Bertz CT molecular complexity index is 1260. The largest absolute Gasteiger partial charge is 0.348 e. The van der Waals surface area contributed by atoms with Gasteiger partial charge in [0.1, 0.15) is 5.82 Å². The summed E-state index contributed by atoms with van der Waals surface area (Å²) in [6.45, 7) is 1.87. The van der Waals surface area contributed by atoms with Crippen molar-refractivity contribution in [2.24, 2.45) is 7.05 Å². The Hall–Kier alpha value is -4.07. The predicted molar refractivity (Wildman–Crippen MR) is 114 cm³/mol. The molecule has 8 heteroatoms. The molecule has 4 aromatic rings. The van der Waals surface area contributed by atoms with E-state index in [1.807, 2.05) is 35.9 Å². The van der Waals surface area contributed by atoms with E-state index in [0.29, 0.717) is 17.2 Å². The number of aryl methyl sites for hydroxylation is 1. The number of hydrogen-bond donors (Lipinski definition) is 1. The molecule has 30 heavy (non-hydrogen) atoms. The first-order valence-electron chi connectivity index (χ1n) is 9.39. The fraction of sp³-hybridized carbons (Fsp3) is 0.136. The second-order valence-electron chi connectivity index (χ2n) is 6.74. The maximum absolute atomic E-state index is 13.0. The lowest BCUT2D eigenvalue weighted by atomic mass is 10.1. The van der Waals surface area contributed by atoms with Crippen LogP contribution in [0.15, 0.2) is 72.0 Å². The number of imidazole rings is 1. The number of nitrogens with zero attached hydrogens (tertiary/aromatic N) is 5. The van der Waals surface area contributed by atoms with Gasteiger partial charge in [-0.15, -0.1) is 0 Å². The Balaban J connectivity index is 1.61. The highest BCUT2D eigenvalue weighted by molar-refractivity contribution is 6.02. The third-order valence-electron chi connectivity index (χ3n) is 4.81. The molecule has 150 valence electrons. The van der Waals surface area contributed by atoms with E-state index in [1.54, 1.807) is 43.8 Å². The zero-order valence-corrected chi connectivity index (χ0v) is 16.6. The summed E-state index contributed by atoms with van der Waals surface area (Å²) in [5, 5.41) is 3.01. The van der Waals surface area contributed by atoms with Crippen molar-refractivity contribution in [2.75, 3.05) is 11.9 Å². The molecule has 1 N–H and O–H groups in total. The summed E-state index contributed by atoms with van der Waals surface area (Å²) in [5.74, 6) is 0.985. The first-order chi connectivity index (χ1) is 14.5. The summed E-state index contributed by atoms with van der Waals surface area (Å²) in [6, 6.07) is 12.4. The number of para-hydroxylation sites is 1. The maximum Gasteiger partial charge on any atom is 0.255 e. The van der Waals surface area contributed by atoms with Crippen LogP contribution in [0.25, 0.3) is 16.9 Å². The molecule has 0 spiro atoms. The van der Waals surface area contributed by atoms with E-state index in [0.717, 1.165) is 17.1 Å². The molecule has 4 rings (SSSR count). The predicted octanol–water partition coefficient (Wildman–Crippen LogP) is 2.63. The first-order valence-corrected chi connectivity index (χ1v) is 9.39. The second kappa shape index (κ2) is 8.12. The third-order valence-corrected chi connectivity index (χ3v) is 4.81. The minimum atomic E-state index is -0.221. The molecule has 0 aliphatic heterocycles. The van der Waals surface area contributed by atoms with Crippen LogP contribution in [-0.4, -0.2) is 36.4 Å². The van der Waals surface area contributed by atoms with Gasteiger partial charge >= 0.3 is 0 Å². The standard InChI is InChI=1S/C22H20N6O2/c1-15-24-11-12-28(15)19-6-4-3-5-17(19)20(29)14-25-22-26-18(13-21(30)27(22)2)16-7-9-23-10-8-16/h3-13H,14H2,1-2H3,(H,25,26). The van der Waals surface area contributed by atoms with Gasteiger partial charge in [-0.3, -0.25) is 19.1 Å². The van der Waals surface area contributed by atoms with Gasteiger partial charge in [-0.2, -0.15) is 0 Å². The molecule has 0 aliphatic carbocycles. The van der Waals surface area contributed by atoms with Crippen LogP contribution < -0.4 is 10.9 Å². The van der Waals surface area contributed by atoms with Crippen LogP contribution in [0.3, 0.4) is 0 Å². The average molecular weight is 400 g/mol. The van der Waals surface area contributed by atoms with Crippen molar-refractivity contribution in [2.45, 2.75) is 6.92 Å². The zero-order chi connectivity index (χ0) is 21.1. The number of ketones is 1. The Morgan fingerprint density at radius 2 is 1.87 bits per heavy atom. The number of rotatable bonds is 6. The molecule has 0 fully saturated rings. The number of anilines is 1. The monoisotopic (exact) mass is 400 g/mol. The Morgan fingerprint density at radius 1 is 1.10 bits per heavy atom. The zero-order valence-electron chi connectivity index (χ0n) is 16.6. The highest BCUT2D eigenvalue weighted by Gasteiger charge is 2.15. The van der Waals surface area contributed by atoms with E-state index < -0.39 is 0 Å². The molecule has 0 saturated carbocycles. The van der Waals surface area contributed by atoms with Crippen molar-refractivity contribution < 1.29 is 4.79 Å². The number of aromatic nitrogens is 5. The van der Waals surface area contributed by atoms with E-state index in [1.165, 1.54) is 10.6 Å². The summed E-state index contributed by atoms with van der Waals surface area (Å²) in [6.07, 6.45) is 6.79. The second-order valence-corrected chi connectivity index (χ2v) is 6.74. The number of benzene rings is 1. The van der Waals surface area contributed by atoms with Crippen molar-refractivity contribution in [1.29, 1.82) is 0 Å². The molecule has 0 radical (unpaired) electrons. The van der Waals surface area contributed by atoms with Crippen LogP contribution in [0, 0.1) is 6.92 Å². The molecule has 3 aromatic heterocycles. The van der Waals surface area contributed by atoms with Gasteiger partial charge in [0.05, 0.1) is 17.9 Å². The normalized spacial score (nSPS) is 10.7. The number of carbonyl (C=O) groups is 1. The Kier molecular flexibility index (Phi) is 5.21. The van der Waals surface area contributed by atoms with E-state index in [9.17, 15) is 9.59 Å². The molecule has 0 amide bonds. The van der Waals surface area contributed by atoms with Crippen LogP contribution in [0.4, 0.5) is 5.95 Å².